The zero-order valence-electron chi connectivity index (χ0n) is 16.5. The number of rotatable bonds is 7. The molecule has 3 aromatic rings. The molecular formula is C24H23NO3S. The van der Waals surface area contributed by atoms with Gasteiger partial charge in [-0.25, -0.2) is 4.79 Å². The molecule has 0 aliphatic rings. The number of benzene rings is 3. The Morgan fingerprint density at radius 2 is 1.69 bits per heavy atom. The molecule has 1 amide bonds. The summed E-state index contributed by atoms with van der Waals surface area (Å²) >= 11 is 1.62. The SMILES string of the molecule is CCOC(=O)c1ccc(C)c(NC(=O)c2ccccc2SCc2ccccc2)c1. The number of amides is 1. The molecule has 29 heavy (non-hydrogen) atoms. The fraction of sp³-hybridized carbons (Fsp3) is 0.167. The van der Waals surface area contributed by atoms with Crippen LogP contribution in [0.4, 0.5) is 5.69 Å². The molecule has 0 aliphatic heterocycles. The van der Waals surface area contributed by atoms with E-state index in [0.29, 0.717) is 23.4 Å². The summed E-state index contributed by atoms with van der Waals surface area (Å²) in [6, 6.07) is 22.8. The molecule has 3 aromatic carbocycles. The molecule has 0 spiro atoms. The molecule has 0 heterocycles. The second kappa shape index (κ2) is 9.94. The van der Waals surface area contributed by atoms with Crippen LogP contribution in [0.25, 0.3) is 0 Å². The van der Waals surface area contributed by atoms with Gasteiger partial charge in [-0.15, -0.1) is 11.8 Å². The molecule has 1 N–H and O–H groups in total. The third-order valence-corrected chi connectivity index (χ3v) is 5.51. The quantitative estimate of drug-likeness (QED) is 0.404. The number of hydrogen-bond acceptors (Lipinski definition) is 4. The topological polar surface area (TPSA) is 55.4 Å². The van der Waals surface area contributed by atoms with E-state index in [-0.39, 0.29) is 5.91 Å². The van der Waals surface area contributed by atoms with Gasteiger partial charge in [0.25, 0.3) is 5.91 Å². The maximum Gasteiger partial charge on any atom is 0.338 e. The van der Waals surface area contributed by atoms with Crippen molar-refractivity contribution in [2.24, 2.45) is 0 Å². The number of carbonyl (C=O) groups is 2. The number of anilines is 1. The Balaban J connectivity index is 1.77. The van der Waals surface area contributed by atoms with Gasteiger partial charge in [0.2, 0.25) is 0 Å². The summed E-state index contributed by atoms with van der Waals surface area (Å²) in [7, 11) is 0. The van der Waals surface area contributed by atoms with Crippen LogP contribution in [0.15, 0.2) is 77.7 Å². The van der Waals surface area contributed by atoms with E-state index in [4.69, 9.17) is 4.74 Å². The molecule has 0 unspecified atom stereocenters. The normalized spacial score (nSPS) is 10.4. The molecule has 0 aliphatic carbocycles. The van der Waals surface area contributed by atoms with Gasteiger partial charge < -0.3 is 10.1 Å². The van der Waals surface area contributed by atoms with Crippen molar-refractivity contribution in [1.29, 1.82) is 0 Å². The molecule has 148 valence electrons. The fourth-order valence-corrected chi connectivity index (χ4v) is 3.81. The molecule has 0 fully saturated rings. The third kappa shape index (κ3) is 5.48. The summed E-state index contributed by atoms with van der Waals surface area (Å²) in [6.45, 7) is 3.96. The number of carbonyl (C=O) groups excluding carboxylic acids is 2. The van der Waals surface area contributed by atoms with Crippen LogP contribution in [0, 0.1) is 6.92 Å². The number of hydrogen-bond donors (Lipinski definition) is 1. The molecule has 4 nitrogen and oxygen atoms in total. The van der Waals surface area contributed by atoms with Gasteiger partial charge >= 0.3 is 5.97 Å². The maximum atomic E-state index is 13.0. The molecule has 3 rings (SSSR count). The second-order valence-corrected chi connectivity index (χ2v) is 7.49. The van der Waals surface area contributed by atoms with Crippen molar-refractivity contribution in [2.75, 3.05) is 11.9 Å². The Kier molecular flexibility index (Phi) is 7.09. The van der Waals surface area contributed by atoms with Crippen LogP contribution in [0.3, 0.4) is 0 Å². The highest BCUT2D eigenvalue weighted by atomic mass is 32.2. The van der Waals surface area contributed by atoms with Crippen LogP contribution in [0.5, 0.6) is 0 Å². The molecule has 0 bridgehead atoms. The van der Waals surface area contributed by atoms with Crippen molar-refractivity contribution in [2.45, 2.75) is 24.5 Å². The van der Waals surface area contributed by atoms with Crippen molar-refractivity contribution in [3.05, 3.63) is 95.1 Å². The minimum Gasteiger partial charge on any atom is -0.462 e. The van der Waals surface area contributed by atoms with Crippen LogP contribution in [0.1, 0.15) is 38.8 Å². The van der Waals surface area contributed by atoms with Gasteiger partial charge in [-0.05, 0) is 49.2 Å². The van der Waals surface area contributed by atoms with E-state index in [9.17, 15) is 9.59 Å². The van der Waals surface area contributed by atoms with Crippen LogP contribution < -0.4 is 5.32 Å². The van der Waals surface area contributed by atoms with E-state index in [0.717, 1.165) is 16.2 Å². The second-order valence-electron chi connectivity index (χ2n) is 6.47. The summed E-state index contributed by atoms with van der Waals surface area (Å²) < 4.78 is 5.05. The Morgan fingerprint density at radius 1 is 0.966 bits per heavy atom. The van der Waals surface area contributed by atoms with Crippen molar-refractivity contribution in [3.63, 3.8) is 0 Å². The summed E-state index contributed by atoms with van der Waals surface area (Å²) in [6.07, 6.45) is 0. The Morgan fingerprint density at radius 3 is 2.45 bits per heavy atom. The number of esters is 1. The predicted octanol–water partition coefficient (Wildman–Crippen LogP) is 5.72. The van der Waals surface area contributed by atoms with Gasteiger partial charge in [-0.3, -0.25) is 4.79 Å². The highest BCUT2D eigenvalue weighted by molar-refractivity contribution is 7.98. The lowest BCUT2D eigenvalue weighted by Crippen LogP contribution is -2.15. The first-order chi connectivity index (χ1) is 14.1. The van der Waals surface area contributed by atoms with Gasteiger partial charge in [0.05, 0.1) is 17.7 Å². The zero-order valence-corrected chi connectivity index (χ0v) is 17.3. The minimum atomic E-state index is -0.401. The lowest BCUT2D eigenvalue weighted by molar-refractivity contribution is 0.0526. The Hall–Kier alpha value is -3.05. The Bertz CT molecular complexity index is 1000. The summed E-state index contributed by atoms with van der Waals surface area (Å²) in [4.78, 5) is 25.9. The van der Waals surface area contributed by atoms with Gasteiger partial charge in [-0.1, -0.05) is 48.5 Å². The van der Waals surface area contributed by atoms with Gasteiger partial charge in [0.15, 0.2) is 0 Å². The summed E-state index contributed by atoms with van der Waals surface area (Å²) in [5.41, 5.74) is 3.70. The molecule has 0 atom stereocenters. The molecule has 0 aromatic heterocycles. The largest absolute Gasteiger partial charge is 0.462 e. The fourth-order valence-electron chi connectivity index (χ4n) is 2.80. The first-order valence-electron chi connectivity index (χ1n) is 9.43. The maximum absolute atomic E-state index is 13.0. The Labute approximate surface area is 175 Å². The van der Waals surface area contributed by atoms with E-state index in [2.05, 4.69) is 17.4 Å². The van der Waals surface area contributed by atoms with Crippen molar-refractivity contribution >= 4 is 29.3 Å². The lowest BCUT2D eigenvalue weighted by Gasteiger charge is -2.13. The lowest BCUT2D eigenvalue weighted by atomic mass is 10.1. The first kappa shape index (κ1) is 20.7. The monoisotopic (exact) mass is 405 g/mol. The van der Waals surface area contributed by atoms with E-state index in [1.165, 1.54) is 5.56 Å². The van der Waals surface area contributed by atoms with Crippen molar-refractivity contribution in [3.8, 4) is 0 Å². The highest BCUT2D eigenvalue weighted by Gasteiger charge is 2.15. The van der Waals surface area contributed by atoms with Gasteiger partial charge in [0, 0.05) is 16.3 Å². The van der Waals surface area contributed by atoms with Crippen molar-refractivity contribution < 1.29 is 14.3 Å². The summed E-state index contributed by atoms with van der Waals surface area (Å²) in [5.74, 6) is 0.176. The van der Waals surface area contributed by atoms with Crippen LogP contribution in [-0.4, -0.2) is 18.5 Å². The average Bonchev–Trinajstić information content (AvgIpc) is 2.75. The highest BCUT2D eigenvalue weighted by Crippen LogP contribution is 2.27. The van der Waals surface area contributed by atoms with E-state index in [1.54, 1.807) is 36.9 Å². The molecule has 0 saturated heterocycles. The third-order valence-electron chi connectivity index (χ3n) is 4.37. The average molecular weight is 406 g/mol. The van der Waals surface area contributed by atoms with Crippen molar-refractivity contribution in [1.82, 2.24) is 0 Å². The minimum absolute atomic E-state index is 0.203. The predicted molar refractivity (Wildman–Crippen MR) is 118 cm³/mol. The van der Waals surface area contributed by atoms with Gasteiger partial charge in [-0.2, -0.15) is 0 Å². The smallest absolute Gasteiger partial charge is 0.338 e. The molecule has 0 saturated carbocycles. The number of thioether (sulfide) groups is 1. The molecule has 0 radical (unpaired) electrons. The van der Waals surface area contributed by atoms with E-state index in [1.807, 2.05) is 49.4 Å². The number of ether oxygens (including phenoxy) is 1. The standard InChI is InChI=1S/C24H23NO3S/c1-3-28-24(27)19-14-13-17(2)21(15-19)25-23(26)20-11-7-8-12-22(20)29-16-18-9-5-4-6-10-18/h4-15H,3,16H2,1-2H3,(H,25,26). The van der Waals surface area contributed by atoms with Crippen LogP contribution in [0.2, 0.25) is 0 Å². The van der Waals surface area contributed by atoms with Crippen LogP contribution in [-0.2, 0) is 10.5 Å². The number of nitrogens with one attached hydrogen (secondary N) is 1. The zero-order chi connectivity index (χ0) is 20.6. The summed E-state index contributed by atoms with van der Waals surface area (Å²) in [5, 5.41) is 2.94. The van der Waals surface area contributed by atoms with E-state index < -0.39 is 5.97 Å². The number of aryl methyl sites for hydroxylation is 1. The molecular weight excluding hydrogens is 382 g/mol. The van der Waals surface area contributed by atoms with Gasteiger partial charge in [0.1, 0.15) is 0 Å². The van der Waals surface area contributed by atoms with Crippen LogP contribution >= 0.6 is 11.8 Å². The van der Waals surface area contributed by atoms with E-state index >= 15 is 0 Å². The molecule has 5 heteroatoms. The first-order valence-corrected chi connectivity index (χ1v) is 10.4.